The third-order valence-electron chi connectivity index (χ3n) is 5.45. The smallest absolute Gasteiger partial charge is 0.131 e. The summed E-state index contributed by atoms with van der Waals surface area (Å²) >= 11 is 5.04. The van der Waals surface area contributed by atoms with Crippen molar-refractivity contribution < 1.29 is 9.13 Å². The van der Waals surface area contributed by atoms with E-state index >= 15 is 0 Å². The minimum absolute atomic E-state index is 0.336. The van der Waals surface area contributed by atoms with Crippen LogP contribution in [0.1, 0.15) is 48.8 Å². The lowest BCUT2D eigenvalue weighted by Crippen LogP contribution is -2.01. The van der Waals surface area contributed by atoms with Crippen LogP contribution in [0.2, 0.25) is 0 Å². The van der Waals surface area contributed by atoms with Crippen molar-refractivity contribution in [2.75, 3.05) is 0 Å². The first-order valence-corrected chi connectivity index (χ1v) is 11.5. The Bertz CT molecular complexity index is 1070. The lowest BCUT2D eigenvalue weighted by atomic mass is 9.92. The van der Waals surface area contributed by atoms with Gasteiger partial charge >= 0.3 is 0 Å². The molecule has 0 bridgehead atoms. The maximum Gasteiger partial charge on any atom is 0.131 e. The number of benzene rings is 2. The number of halogens is 2. The first-order chi connectivity index (χ1) is 14.1. The van der Waals surface area contributed by atoms with Crippen LogP contribution in [-0.4, -0.2) is 0 Å². The Labute approximate surface area is 183 Å². The summed E-state index contributed by atoms with van der Waals surface area (Å²) < 4.78 is 21.2. The highest BCUT2D eigenvalue weighted by molar-refractivity contribution is 9.10. The SMILES string of the molecule is CCC(c1cccc(OCc2csc(-c3cc(C#N)ccc3F)c2Br)c1)C1CC1. The highest BCUT2D eigenvalue weighted by Gasteiger charge is 2.31. The van der Waals surface area contributed by atoms with E-state index < -0.39 is 0 Å². The highest BCUT2D eigenvalue weighted by atomic mass is 79.9. The second kappa shape index (κ2) is 8.69. The van der Waals surface area contributed by atoms with Crippen molar-refractivity contribution in [3.05, 3.63) is 74.8 Å². The topological polar surface area (TPSA) is 33.0 Å². The van der Waals surface area contributed by atoms with Crippen molar-refractivity contribution in [3.63, 3.8) is 0 Å². The average molecular weight is 470 g/mol. The summed E-state index contributed by atoms with van der Waals surface area (Å²) in [5, 5.41) is 11.1. The number of ether oxygens (including phenoxy) is 1. The molecule has 0 radical (unpaired) electrons. The van der Waals surface area contributed by atoms with Gasteiger partial charge in [-0.1, -0.05) is 19.1 Å². The third-order valence-corrected chi connectivity index (χ3v) is 7.68. The number of hydrogen-bond donors (Lipinski definition) is 0. The van der Waals surface area contributed by atoms with Gasteiger partial charge in [-0.3, -0.25) is 0 Å². The lowest BCUT2D eigenvalue weighted by molar-refractivity contribution is 0.305. The Morgan fingerprint density at radius 1 is 1.28 bits per heavy atom. The van der Waals surface area contributed by atoms with E-state index in [2.05, 4.69) is 47.1 Å². The molecule has 1 fully saturated rings. The van der Waals surface area contributed by atoms with E-state index in [4.69, 9.17) is 10.00 Å². The molecule has 0 aliphatic heterocycles. The van der Waals surface area contributed by atoms with Crippen molar-refractivity contribution in [1.29, 1.82) is 5.26 Å². The van der Waals surface area contributed by atoms with Gasteiger partial charge in [-0.2, -0.15) is 5.26 Å². The molecule has 0 N–H and O–H groups in total. The van der Waals surface area contributed by atoms with Crippen LogP contribution < -0.4 is 4.74 Å². The van der Waals surface area contributed by atoms with E-state index in [-0.39, 0.29) is 5.82 Å². The molecule has 1 heterocycles. The standard InChI is InChI=1S/C24H21BrFNOS/c1-2-20(16-7-8-16)17-4-3-5-19(11-17)28-13-18-14-29-24(23(18)25)21-10-15(12-27)6-9-22(21)26/h3-6,9-11,14,16,20H,2,7-8,13H2,1H3. The van der Waals surface area contributed by atoms with Crippen LogP contribution >= 0.6 is 27.3 Å². The van der Waals surface area contributed by atoms with Gasteiger partial charge in [0.15, 0.2) is 0 Å². The van der Waals surface area contributed by atoms with E-state index in [1.807, 2.05) is 11.4 Å². The molecule has 0 amide bonds. The molecule has 1 saturated carbocycles. The first kappa shape index (κ1) is 20.1. The second-order valence-corrected chi connectivity index (χ2v) is 9.10. The van der Waals surface area contributed by atoms with Crippen molar-refractivity contribution >= 4 is 27.3 Å². The second-order valence-electron chi connectivity index (χ2n) is 7.42. The van der Waals surface area contributed by atoms with Crippen molar-refractivity contribution in [1.82, 2.24) is 0 Å². The molecule has 2 aromatic carbocycles. The summed E-state index contributed by atoms with van der Waals surface area (Å²) in [5.41, 5.74) is 3.20. The summed E-state index contributed by atoms with van der Waals surface area (Å²) in [7, 11) is 0. The van der Waals surface area contributed by atoms with E-state index in [9.17, 15) is 4.39 Å². The number of rotatable bonds is 7. The van der Waals surface area contributed by atoms with Gasteiger partial charge in [0.05, 0.1) is 16.5 Å². The quantitative estimate of drug-likeness (QED) is 0.355. The number of hydrogen-bond acceptors (Lipinski definition) is 3. The molecule has 29 heavy (non-hydrogen) atoms. The molecule has 0 saturated heterocycles. The Morgan fingerprint density at radius 3 is 2.83 bits per heavy atom. The number of thiophene rings is 1. The summed E-state index contributed by atoms with van der Waals surface area (Å²) in [6.07, 6.45) is 3.82. The molecule has 2 nitrogen and oxygen atoms in total. The fourth-order valence-electron chi connectivity index (χ4n) is 3.76. The predicted octanol–water partition coefficient (Wildman–Crippen LogP) is 7.67. The van der Waals surface area contributed by atoms with Gasteiger partial charge in [-0.05, 0) is 88.3 Å². The van der Waals surface area contributed by atoms with Gasteiger partial charge in [-0.25, -0.2) is 4.39 Å². The zero-order valence-corrected chi connectivity index (χ0v) is 18.5. The molecular formula is C24H21BrFNOS. The van der Waals surface area contributed by atoms with Crippen LogP contribution in [0, 0.1) is 23.1 Å². The Morgan fingerprint density at radius 2 is 2.10 bits per heavy atom. The van der Waals surface area contributed by atoms with Crippen LogP contribution in [0.5, 0.6) is 5.75 Å². The Hall–Kier alpha value is -2.16. The predicted molar refractivity (Wildman–Crippen MR) is 119 cm³/mol. The maximum absolute atomic E-state index is 14.3. The largest absolute Gasteiger partial charge is 0.489 e. The van der Waals surface area contributed by atoms with Gasteiger partial charge in [0, 0.05) is 15.6 Å². The molecule has 0 spiro atoms. The van der Waals surface area contributed by atoms with Crippen LogP contribution in [0.15, 0.2) is 52.3 Å². The molecule has 4 rings (SSSR count). The third kappa shape index (κ3) is 4.39. The minimum atomic E-state index is -0.336. The lowest BCUT2D eigenvalue weighted by Gasteiger charge is -2.15. The monoisotopic (exact) mass is 469 g/mol. The average Bonchev–Trinajstić information content (AvgIpc) is 3.51. The van der Waals surface area contributed by atoms with Gasteiger partial charge < -0.3 is 4.74 Å². The summed E-state index contributed by atoms with van der Waals surface area (Å²) in [5.74, 6) is 1.97. The molecule has 1 unspecified atom stereocenters. The first-order valence-electron chi connectivity index (χ1n) is 9.79. The normalized spacial score (nSPS) is 14.4. The van der Waals surface area contributed by atoms with Crippen LogP contribution in [-0.2, 0) is 6.61 Å². The van der Waals surface area contributed by atoms with E-state index in [1.165, 1.54) is 41.9 Å². The van der Waals surface area contributed by atoms with Gasteiger partial charge in [0.25, 0.3) is 0 Å². The van der Waals surface area contributed by atoms with Gasteiger partial charge in [0.2, 0.25) is 0 Å². The summed E-state index contributed by atoms with van der Waals surface area (Å²) in [6, 6.07) is 14.9. The molecule has 1 aliphatic rings. The van der Waals surface area contributed by atoms with E-state index in [0.717, 1.165) is 33.0 Å². The molecule has 1 atom stereocenters. The number of nitrogens with zero attached hydrogens (tertiary/aromatic N) is 1. The highest BCUT2D eigenvalue weighted by Crippen LogP contribution is 2.45. The zero-order valence-electron chi connectivity index (χ0n) is 16.1. The Kier molecular flexibility index (Phi) is 6.03. The van der Waals surface area contributed by atoms with E-state index in [0.29, 0.717) is 23.7 Å². The van der Waals surface area contributed by atoms with Crippen molar-refractivity contribution in [2.45, 2.75) is 38.7 Å². The molecular weight excluding hydrogens is 449 g/mol. The molecule has 1 aromatic heterocycles. The summed E-state index contributed by atoms with van der Waals surface area (Å²) in [6.45, 7) is 2.65. The van der Waals surface area contributed by atoms with Crippen molar-refractivity contribution in [2.24, 2.45) is 5.92 Å². The Balaban J connectivity index is 1.51. The zero-order chi connectivity index (χ0) is 20.4. The van der Waals surface area contributed by atoms with Crippen molar-refractivity contribution in [3.8, 4) is 22.3 Å². The van der Waals surface area contributed by atoms with E-state index in [1.54, 1.807) is 6.07 Å². The van der Waals surface area contributed by atoms with Crippen LogP contribution in [0.25, 0.3) is 10.4 Å². The number of nitriles is 1. The van der Waals surface area contributed by atoms with Gasteiger partial charge in [0.1, 0.15) is 18.2 Å². The van der Waals surface area contributed by atoms with Crippen LogP contribution in [0.3, 0.4) is 0 Å². The molecule has 3 aromatic rings. The van der Waals surface area contributed by atoms with Gasteiger partial charge in [-0.15, -0.1) is 11.3 Å². The molecule has 1 aliphatic carbocycles. The fraction of sp³-hybridized carbons (Fsp3) is 0.292. The van der Waals surface area contributed by atoms with Crippen LogP contribution in [0.4, 0.5) is 4.39 Å². The minimum Gasteiger partial charge on any atom is -0.489 e. The summed E-state index contributed by atoms with van der Waals surface area (Å²) in [4.78, 5) is 0.770. The molecule has 5 heteroatoms. The molecule has 148 valence electrons. The fourth-order valence-corrected chi connectivity index (χ4v) is 5.60. The maximum atomic E-state index is 14.3.